The Balaban J connectivity index is 2.17. The second kappa shape index (κ2) is 9.69. The lowest BCUT2D eigenvalue weighted by Gasteiger charge is -2.25. The van der Waals surface area contributed by atoms with E-state index in [1.165, 1.54) is 32.2 Å². The minimum absolute atomic E-state index is 0.0176. The molecule has 0 saturated carbocycles. The van der Waals surface area contributed by atoms with Crippen LogP contribution in [0.15, 0.2) is 38.4 Å². The standard InChI is InChI=1S/C22H23ClFN3O6S/c1-10-6-8-15(24)17(11(10)2)12(3)19(21-25-26-22(29)33-21)27-34(30,31)16-9-7-14(23)18(13(4)28)20(16)32-5/h6-9,12,19,27H,1-5H3,(H,26,29). The summed E-state index contributed by atoms with van der Waals surface area (Å²) < 4.78 is 54.5. The van der Waals surface area contributed by atoms with Gasteiger partial charge >= 0.3 is 5.76 Å². The highest BCUT2D eigenvalue weighted by Gasteiger charge is 2.35. The highest BCUT2D eigenvalue weighted by molar-refractivity contribution is 7.89. The van der Waals surface area contributed by atoms with Crippen LogP contribution in [-0.4, -0.2) is 31.5 Å². The second-order valence-corrected chi connectivity index (χ2v) is 9.84. The number of aryl methyl sites for hydroxylation is 1. The van der Waals surface area contributed by atoms with E-state index in [2.05, 4.69) is 14.9 Å². The first-order chi connectivity index (χ1) is 15.9. The van der Waals surface area contributed by atoms with E-state index in [9.17, 15) is 22.4 Å². The Morgan fingerprint density at radius 3 is 2.50 bits per heavy atom. The molecule has 0 aliphatic rings. The molecule has 34 heavy (non-hydrogen) atoms. The molecule has 0 spiro atoms. The third-order valence-electron chi connectivity index (χ3n) is 5.61. The zero-order valence-electron chi connectivity index (χ0n) is 19.0. The van der Waals surface area contributed by atoms with Gasteiger partial charge in [-0.3, -0.25) is 4.79 Å². The Hall–Kier alpha value is -3.02. The summed E-state index contributed by atoms with van der Waals surface area (Å²) in [5, 5.41) is 5.87. The van der Waals surface area contributed by atoms with Crippen molar-refractivity contribution in [2.24, 2.45) is 0 Å². The first kappa shape index (κ1) is 25.6. The molecule has 3 rings (SSSR count). The molecule has 2 N–H and O–H groups in total. The number of ether oxygens (including phenoxy) is 1. The van der Waals surface area contributed by atoms with Crippen molar-refractivity contribution in [3.05, 3.63) is 73.8 Å². The molecule has 2 atom stereocenters. The Morgan fingerprint density at radius 1 is 1.26 bits per heavy atom. The molecular formula is C22H23ClFN3O6S. The number of aromatic amines is 1. The largest absolute Gasteiger partial charge is 0.495 e. The maximum atomic E-state index is 14.9. The predicted molar refractivity (Wildman–Crippen MR) is 122 cm³/mol. The second-order valence-electron chi connectivity index (χ2n) is 7.75. The molecule has 12 heteroatoms. The molecule has 182 valence electrons. The summed E-state index contributed by atoms with van der Waals surface area (Å²) in [6.07, 6.45) is 0. The normalized spacial score (nSPS) is 13.5. The smallest absolute Gasteiger partial charge is 0.434 e. The monoisotopic (exact) mass is 511 g/mol. The number of methoxy groups -OCH3 is 1. The fourth-order valence-corrected chi connectivity index (χ4v) is 5.51. The topological polar surface area (TPSA) is 131 Å². The van der Waals surface area contributed by atoms with E-state index in [0.29, 0.717) is 5.56 Å². The highest BCUT2D eigenvalue weighted by Crippen LogP contribution is 2.38. The van der Waals surface area contributed by atoms with Gasteiger partial charge in [0.2, 0.25) is 15.9 Å². The number of ketones is 1. The van der Waals surface area contributed by atoms with Crippen molar-refractivity contribution in [2.75, 3.05) is 7.11 Å². The average molecular weight is 512 g/mol. The lowest BCUT2D eigenvalue weighted by Crippen LogP contribution is -2.33. The van der Waals surface area contributed by atoms with E-state index < -0.39 is 39.3 Å². The quantitative estimate of drug-likeness (QED) is 0.439. The van der Waals surface area contributed by atoms with Crippen LogP contribution in [0, 0.1) is 19.7 Å². The molecule has 0 fully saturated rings. The minimum atomic E-state index is -4.43. The van der Waals surface area contributed by atoms with Gasteiger partial charge in [0.05, 0.1) is 17.7 Å². The van der Waals surface area contributed by atoms with Gasteiger partial charge < -0.3 is 9.15 Å². The lowest BCUT2D eigenvalue weighted by molar-refractivity contribution is 0.101. The first-order valence-corrected chi connectivity index (χ1v) is 12.0. The maximum Gasteiger partial charge on any atom is 0.434 e. The Labute approximate surface area is 200 Å². The van der Waals surface area contributed by atoms with Crippen LogP contribution >= 0.6 is 11.6 Å². The Kier molecular flexibility index (Phi) is 7.29. The van der Waals surface area contributed by atoms with Crippen molar-refractivity contribution in [3.63, 3.8) is 0 Å². The van der Waals surface area contributed by atoms with E-state index in [4.69, 9.17) is 20.8 Å². The molecule has 0 amide bonds. The minimum Gasteiger partial charge on any atom is -0.495 e. The van der Waals surface area contributed by atoms with Gasteiger partial charge in [-0.25, -0.2) is 22.7 Å². The molecule has 3 aromatic rings. The van der Waals surface area contributed by atoms with Crippen LogP contribution in [0.5, 0.6) is 5.75 Å². The van der Waals surface area contributed by atoms with Crippen molar-refractivity contribution < 1.29 is 26.8 Å². The number of nitrogens with one attached hydrogen (secondary N) is 2. The molecule has 0 aliphatic carbocycles. The third kappa shape index (κ3) is 4.77. The molecule has 9 nitrogen and oxygen atoms in total. The molecule has 2 aromatic carbocycles. The fourth-order valence-electron chi connectivity index (χ4n) is 3.78. The molecule has 2 unspecified atom stereocenters. The van der Waals surface area contributed by atoms with E-state index in [1.54, 1.807) is 26.8 Å². The Morgan fingerprint density at radius 2 is 1.94 bits per heavy atom. The van der Waals surface area contributed by atoms with Gasteiger partial charge in [0.25, 0.3) is 0 Å². The van der Waals surface area contributed by atoms with E-state index in [0.717, 1.165) is 5.56 Å². The molecule has 0 aliphatic heterocycles. The summed E-state index contributed by atoms with van der Waals surface area (Å²) in [5.74, 6) is -3.36. The van der Waals surface area contributed by atoms with Crippen molar-refractivity contribution in [1.82, 2.24) is 14.9 Å². The van der Waals surface area contributed by atoms with Crippen LogP contribution in [0.4, 0.5) is 4.39 Å². The van der Waals surface area contributed by atoms with Crippen LogP contribution < -0.4 is 15.2 Å². The SMILES string of the molecule is COc1c(S(=O)(=O)NC(c2n[nH]c(=O)o2)C(C)c2c(F)ccc(C)c2C)ccc(Cl)c1C(C)=O. The number of halogens is 2. The number of sulfonamides is 1. The Bertz CT molecular complexity index is 1420. The van der Waals surface area contributed by atoms with E-state index in [-0.39, 0.29) is 32.7 Å². The number of H-pyrrole nitrogens is 1. The van der Waals surface area contributed by atoms with E-state index in [1.807, 2.05) is 0 Å². The highest BCUT2D eigenvalue weighted by atomic mass is 35.5. The first-order valence-electron chi connectivity index (χ1n) is 10.1. The summed E-state index contributed by atoms with van der Waals surface area (Å²) in [6.45, 7) is 6.30. The molecule has 0 bridgehead atoms. The number of Topliss-reactive ketones (excluding diaryl/α,β-unsaturated/α-hetero) is 1. The van der Waals surface area contributed by atoms with Gasteiger partial charge in [0.15, 0.2) is 11.5 Å². The molecule has 0 saturated heterocycles. The number of aromatic nitrogens is 2. The van der Waals surface area contributed by atoms with Gasteiger partial charge in [0.1, 0.15) is 16.8 Å². The average Bonchev–Trinajstić information content (AvgIpc) is 3.20. The number of rotatable bonds is 8. The maximum absolute atomic E-state index is 14.9. The van der Waals surface area contributed by atoms with Crippen LogP contribution in [0.1, 0.15) is 58.7 Å². The zero-order valence-corrected chi connectivity index (χ0v) is 20.6. The van der Waals surface area contributed by atoms with Crippen LogP contribution in [0.3, 0.4) is 0 Å². The molecule has 1 aromatic heterocycles. The van der Waals surface area contributed by atoms with Crippen LogP contribution in [-0.2, 0) is 10.0 Å². The van der Waals surface area contributed by atoms with Crippen molar-refractivity contribution >= 4 is 27.4 Å². The van der Waals surface area contributed by atoms with Gasteiger partial charge in [-0.15, -0.1) is 5.10 Å². The zero-order chi connectivity index (χ0) is 25.4. The predicted octanol–water partition coefficient (Wildman–Crippen LogP) is 3.81. The van der Waals surface area contributed by atoms with Crippen LogP contribution in [0.25, 0.3) is 0 Å². The van der Waals surface area contributed by atoms with Crippen molar-refractivity contribution in [3.8, 4) is 5.75 Å². The number of nitrogens with zero attached hydrogens (tertiary/aromatic N) is 1. The summed E-state index contributed by atoms with van der Waals surface area (Å²) >= 11 is 6.09. The summed E-state index contributed by atoms with van der Waals surface area (Å²) in [7, 11) is -3.22. The summed E-state index contributed by atoms with van der Waals surface area (Å²) in [6, 6.07) is 4.03. The van der Waals surface area contributed by atoms with Gasteiger partial charge in [0, 0.05) is 5.92 Å². The molecule has 0 radical (unpaired) electrons. The van der Waals surface area contributed by atoms with Crippen molar-refractivity contribution in [1.29, 1.82) is 0 Å². The number of hydrogen-bond donors (Lipinski definition) is 2. The number of benzene rings is 2. The number of hydrogen-bond acceptors (Lipinski definition) is 7. The van der Waals surface area contributed by atoms with Gasteiger partial charge in [-0.05, 0) is 55.7 Å². The third-order valence-corrected chi connectivity index (χ3v) is 7.39. The summed E-state index contributed by atoms with van der Waals surface area (Å²) in [4.78, 5) is 23.3. The number of carbonyl (C=O) groups excluding carboxylic acids is 1. The van der Waals surface area contributed by atoms with Crippen molar-refractivity contribution in [2.45, 2.75) is 44.6 Å². The van der Waals surface area contributed by atoms with Gasteiger partial charge in [-0.1, -0.05) is 24.6 Å². The number of carbonyl (C=O) groups is 1. The van der Waals surface area contributed by atoms with Crippen LogP contribution in [0.2, 0.25) is 5.02 Å². The van der Waals surface area contributed by atoms with Gasteiger partial charge in [-0.2, -0.15) is 4.72 Å². The van der Waals surface area contributed by atoms with E-state index >= 15 is 0 Å². The fraction of sp³-hybridized carbons (Fsp3) is 0.318. The molecule has 1 heterocycles. The lowest BCUT2D eigenvalue weighted by atomic mass is 9.88. The summed E-state index contributed by atoms with van der Waals surface area (Å²) in [5.41, 5.74) is 1.52. The molecular weight excluding hydrogens is 489 g/mol.